The molecule has 1 aromatic heterocycles. The second-order valence-corrected chi connectivity index (χ2v) is 19.6. The largest absolute Gasteiger partial charge is 0.311 e. The van der Waals surface area contributed by atoms with Crippen LogP contribution in [-0.2, 0) is 5.41 Å². The molecule has 0 aliphatic carbocycles. The quantitative estimate of drug-likeness (QED) is 0.165. The Morgan fingerprint density at radius 2 is 1.00 bits per heavy atom. The van der Waals surface area contributed by atoms with Crippen LogP contribution in [0.15, 0.2) is 194 Å². The van der Waals surface area contributed by atoms with Crippen molar-refractivity contribution in [3.63, 3.8) is 0 Å². The fourth-order valence-corrected chi connectivity index (χ4v) is 13.7. The molecule has 2 aliphatic rings. The Morgan fingerprint density at radius 3 is 1.76 bits per heavy atom. The van der Waals surface area contributed by atoms with Gasteiger partial charge in [-0.3, -0.25) is 0 Å². The van der Waals surface area contributed by atoms with Gasteiger partial charge in [0.1, 0.15) is 8.07 Å². The molecular formula is C51H38N2Si. The SMILES string of the molecule is C[Si]1(C)c2ccccc2C2(c3ccccc3-n3c4ccccc4c4cccc2c43)c2cccc(-c3ccc(N(c4ccccc4)c4ccccc4)cc3)c21. The molecule has 0 fully saturated rings. The molecule has 256 valence electrons. The van der Waals surface area contributed by atoms with E-state index in [0.717, 1.165) is 17.1 Å². The Kier molecular flexibility index (Phi) is 6.65. The number of nitrogens with zero attached hydrogens (tertiary/aromatic N) is 2. The van der Waals surface area contributed by atoms with E-state index in [0.29, 0.717) is 0 Å². The highest BCUT2D eigenvalue weighted by atomic mass is 28.3. The monoisotopic (exact) mass is 706 g/mol. The summed E-state index contributed by atoms with van der Waals surface area (Å²) < 4.78 is 2.54. The van der Waals surface area contributed by atoms with Gasteiger partial charge in [-0.25, -0.2) is 0 Å². The number of aromatic nitrogens is 1. The van der Waals surface area contributed by atoms with Gasteiger partial charge >= 0.3 is 0 Å². The molecule has 3 heterocycles. The molecule has 1 unspecified atom stereocenters. The number of hydrogen-bond donors (Lipinski definition) is 0. The fourth-order valence-electron chi connectivity index (χ4n) is 10.1. The van der Waals surface area contributed by atoms with Crippen LogP contribution >= 0.6 is 0 Å². The van der Waals surface area contributed by atoms with E-state index in [9.17, 15) is 0 Å². The molecule has 54 heavy (non-hydrogen) atoms. The van der Waals surface area contributed by atoms with E-state index in [1.54, 1.807) is 0 Å². The first-order valence-electron chi connectivity index (χ1n) is 19.0. The number of anilines is 3. The lowest BCUT2D eigenvalue weighted by molar-refractivity contribution is 0.732. The van der Waals surface area contributed by atoms with Crippen molar-refractivity contribution in [2.75, 3.05) is 4.90 Å². The molecule has 0 bridgehead atoms. The van der Waals surface area contributed by atoms with Gasteiger partial charge in [-0.1, -0.05) is 159 Å². The lowest BCUT2D eigenvalue weighted by Gasteiger charge is -2.50. The molecule has 0 radical (unpaired) electrons. The van der Waals surface area contributed by atoms with E-state index in [1.165, 1.54) is 71.2 Å². The van der Waals surface area contributed by atoms with Gasteiger partial charge in [0.15, 0.2) is 0 Å². The van der Waals surface area contributed by atoms with Crippen molar-refractivity contribution in [1.82, 2.24) is 4.57 Å². The van der Waals surface area contributed by atoms with E-state index in [1.807, 2.05) is 0 Å². The van der Waals surface area contributed by atoms with E-state index in [-0.39, 0.29) is 0 Å². The maximum Gasteiger partial charge on any atom is 0.113 e. The molecule has 2 nitrogen and oxygen atoms in total. The van der Waals surface area contributed by atoms with Gasteiger partial charge in [0.2, 0.25) is 0 Å². The predicted octanol–water partition coefficient (Wildman–Crippen LogP) is 11.8. The Labute approximate surface area is 317 Å². The summed E-state index contributed by atoms with van der Waals surface area (Å²) in [5, 5.41) is 5.65. The summed E-state index contributed by atoms with van der Waals surface area (Å²) in [6.45, 7) is 5.13. The Balaban J connectivity index is 1.19. The molecule has 3 heteroatoms. The smallest absolute Gasteiger partial charge is 0.113 e. The Hall–Kier alpha value is -6.42. The highest BCUT2D eigenvalue weighted by Crippen LogP contribution is 2.55. The first-order chi connectivity index (χ1) is 26.6. The maximum absolute atomic E-state index is 2.56. The molecule has 1 atom stereocenters. The van der Waals surface area contributed by atoms with Crippen molar-refractivity contribution in [3.05, 3.63) is 216 Å². The summed E-state index contributed by atoms with van der Waals surface area (Å²) >= 11 is 0. The molecule has 11 rings (SSSR count). The average Bonchev–Trinajstić information content (AvgIpc) is 3.57. The van der Waals surface area contributed by atoms with Crippen molar-refractivity contribution in [1.29, 1.82) is 0 Å². The highest BCUT2D eigenvalue weighted by Gasteiger charge is 2.53. The van der Waals surface area contributed by atoms with Gasteiger partial charge in [-0.15, -0.1) is 0 Å². The minimum absolute atomic E-state index is 0.484. The minimum atomic E-state index is -2.25. The zero-order valence-electron chi connectivity index (χ0n) is 30.4. The Bertz CT molecular complexity index is 2870. The van der Waals surface area contributed by atoms with E-state index < -0.39 is 13.5 Å². The van der Waals surface area contributed by atoms with Crippen molar-refractivity contribution in [2.45, 2.75) is 18.5 Å². The van der Waals surface area contributed by atoms with Crippen molar-refractivity contribution >= 4 is 57.3 Å². The average molecular weight is 707 g/mol. The topological polar surface area (TPSA) is 8.17 Å². The summed E-state index contributed by atoms with van der Waals surface area (Å²) in [6.07, 6.45) is 0. The van der Waals surface area contributed by atoms with Crippen molar-refractivity contribution in [2.24, 2.45) is 0 Å². The van der Waals surface area contributed by atoms with Crippen LogP contribution in [0.3, 0.4) is 0 Å². The first-order valence-corrected chi connectivity index (χ1v) is 22.0. The van der Waals surface area contributed by atoms with Crippen LogP contribution in [0.5, 0.6) is 0 Å². The van der Waals surface area contributed by atoms with Crippen LogP contribution in [0.25, 0.3) is 38.6 Å². The summed E-state index contributed by atoms with van der Waals surface area (Å²) in [7, 11) is -2.25. The summed E-state index contributed by atoms with van der Waals surface area (Å²) in [4.78, 5) is 2.34. The second-order valence-electron chi connectivity index (χ2n) is 15.3. The van der Waals surface area contributed by atoms with Gasteiger partial charge in [0, 0.05) is 27.8 Å². The van der Waals surface area contributed by atoms with Gasteiger partial charge in [0.25, 0.3) is 0 Å². The molecule has 2 aliphatic heterocycles. The summed E-state index contributed by atoms with van der Waals surface area (Å²) in [6, 6.07) is 72.3. The van der Waals surface area contributed by atoms with E-state index >= 15 is 0 Å². The molecule has 9 aromatic rings. The fraction of sp³-hybridized carbons (Fsp3) is 0.0588. The van der Waals surface area contributed by atoms with Crippen molar-refractivity contribution in [3.8, 4) is 16.8 Å². The lowest BCUT2D eigenvalue weighted by atomic mass is 9.62. The van der Waals surface area contributed by atoms with Crippen molar-refractivity contribution < 1.29 is 0 Å². The molecule has 1 spiro atoms. The molecular weight excluding hydrogens is 669 g/mol. The number of fused-ring (bicyclic) bond motifs is 11. The van der Waals surface area contributed by atoms with E-state index in [4.69, 9.17) is 0 Å². The van der Waals surface area contributed by atoms with Gasteiger partial charge < -0.3 is 9.47 Å². The molecule has 8 aromatic carbocycles. The van der Waals surface area contributed by atoms with E-state index in [2.05, 4.69) is 217 Å². The normalized spacial score (nSPS) is 16.2. The number of benzene rings is 8. The zero-order valence-corrected chi connectivity index (χ0v) is 31.4. The van der Waals surface area contributed by atoms with Crippen LogP contribution in [0.1, 0.15) is 22.3 Å². The maximum atomic E-state index is 2.56. The van der Waals surface area contributed by atoms with Crippen LogP contribution in [0.4, 0.5) is 17.1 Å². The van der Waals surface area contributed by atoms with Gasteiger partial charge in [-0.2, -0.15) is 0 Å². The van der Waals surface area contributed by atoms with Gasteiger partial charge in [-0.05, 0) is 92.3 Å². The lowest BCUT2D eigenvalue weighted by Crippen LogP contribution is -2.64. The molecule has 0 amide bonds. The van der Waals surface area contributed by atoms with Gasteiger partial charge in [0.05, 0.1) is 22.1 Å². The van der Waals surface area contributed by atoms with Crippen LogP contribution in [0.2, 0.25) is 13.1 Å². The predicted molar refractivity (Wildman–Crippen MR) is 230 cm³/mol. The molecule has 0 saturated heterocycles. The molecule has 0 saturated carbocycles. The summed E-state index contributed by atoms with van der Waals surface area (Å²) in [5.41, 5.74) is 14.9. The standard InChI is InChI=1S/C51H38N2Si/c1-54(2)48-30-14-11-25-43(48)51(42-24-10-13-29-47(42)53-46-28-12-9-21-40(46)41-23-16-26-44(51)49(41)53)45-27-15-22-39(50(45)54)35-31-33-38(34-32-35)52(36-17-5-3-6-18-36)37-19-7-4-8-20-37/h3-34H,1-2H3. The summed E-state index contributed by atoms with van der Waals surface area (Å²) in [5.74, 6) is 0. The highest BCUT2D eigenvalue weighted by molar-refractivity contribution is 7.02. The number of para-hydroxylation sites is 5. The minimum Gasteiger partial charge on any atom is -0.311 e. The number of rotatable bonds is 4. The zero-order chi connectivity index (χ0) is 36.0. The second kappa shape index (κ2) is 11.5. The third-order valence-corrected chi connectivity index (χ3v) is 15.8. The van der Waals surface area contributed by atoms with Crippen LogP contribution < -0.4 is 15.3 Å². The molecule has 0 N–H and O–H groups in total. The Morgan fingerprint density at radius 1 is 0.444 bits per heavy atom. The van der Waals surface area contributed by atoms with Crippen LogP contribution in [-0.4, -0.2) is 12.6 Å². The third kappa shape index (κ3) is 4.10. The van der Waals surface area contributed by atoms with Crippen LogP contribution in [0, 0.1) is 0 Å². The number of hydrogen-bond acceptors (Lipinski definition) is 1. The first kappa shape index (κ1) is 31.1. The third-order valence-electron chi connectivity index (χ3n) is 12.2.